The Morgan fingerprint density at radius 3 is 2.50 bits per heavy atom. The van der Waals surface area contributed by atoms with E-state index in [-0.39, 0.29) is 11.5 Å². The Morgan fingerprint density at radius 1 is 1.15 bits per heavy atom. The van der Waals surface area contributed by atoms with Crippen LogP contribution in [-0.2, 0) is 0 Å². The van der Waals surface area contributed by atoms with Gasteiger partial charge in [-0.25, -0.2) is 4.39 Å². The number of rotatable bonds is 3. The van der Waals surface area contributed by atoms with Crippen molar-refractivity contribution >= 4 is 15.9 Å². The number of ether oxygens (including phenoxy) is 1. The van der Waals surface area contributed by atoms with Gasteiger partial charge in [0, 0.05) is 4.47 Å². The van der Waals surface area contributed by atoms with Crippen molar-refractivity contribution in [2.45, 2.75) is 19.8 Å². The maximum atomic E-state index is 13.1. The van der Waals surface area contributed by atoms with Gasteiger partial charge < -0.3 is 4.74 Å². The zero-order valence-electron chi connectivity index (χ0n) is 11.2. The van der Waals surface area contributed by atoms with Gasteiger partial charge in [0.05, 0.1) is 5.56 Å². The summed E-state index contributed by atoms with van der Waals surface area (Å²) in [6.07, 6.45) is 0. The molecule has 0 heterocycles. The quantitative estimate of drug-likeness (QED) is 0.755. The third kappa shape index (κ3) is 3.17. The monoisotopic (exact) mass is 333 g/mol. The lowest BCUT2D eigenvalue weighted by Crippen LogP contribution is -1.96. The summed E-state index contributed by atoms with van der Waals surface area (Å²) in [6.45, 7) is 4.12. The Morgan fingerprint density at radius 2 is 1.85 bits per heavy atom. The van der Waals surface area contributed by atoms with Gasteiger partial charge in [-0.05, 0) is 47.9 Å². The minimum absolute atomic E-state index is 0.183. The molecule has 102 valence electrons. The van der Waals surface area contributed by atoms with Gasteiger partial charge in [0.25, 0.3) is 0 Å². The fourth-order valence-electron chi connectivity index (χ4n) is 1.86. The molecule has 0 fully saturated rings. The molecular weight excluding hydrogens is 321 g/mol. The molecule has 2 nitrogen and oxygen atoms in total. The molecule has 0 bridgehead atoms. The predicted molar refractivity (Wildman–Crippen MR) is 79.4 cm³/mol. The lowest BCUT2D eigenvalue weighted by atomic mass is 10.0. The average molecular weight is 334 g/mol. The zero-order valence-corrected chi connectivity index (χ0v) is 12.7. The molecule has 2 aromatic carbocycles. The molecule has 0 atom stereocenters. The largest absolute Gasteiger partial charge is 0.456 e. The molecule has 0 saturated carbocycles. The standard InChI is InChI=1S/C16H13BrFNO/c1-10(2)14-8-12(17)3-5-16(14)20-15-6-4-13(18)7-11(15)9-19/h3-8,10H,1-2H3. The van der Waals surface area contributed by atoms with Crippen LogP contribution in [0.4, 0.5) is 4.39 Å². The van der Waals surface area contributed by atoms with E-state index in [1.165, 1.54) is 18.2 Å². The zero-order chi connectivity index (χ0) is 14.7. The Kier molecular flexibility index (Phi) is 4.41. The predicted octanol–water partition coefficient (Wildman–Crippen LogP) is 5.38. The van der Waals surface area contributed by atoms with E-state index in [4.69, 9.17) is 10.00 Å². The van der Waals surface area contributed by atoms with E-state index in [1.54, 1.807) is 0 Å². The summed E-state index contributed by atoms with van der Waals surface area (Å²) in [4.78, 5) is 0. The molecule has 0 unspecified atom stereocenters. The van der Waals surface area contributed by atoms with Crippen LogP contribution in [0.5, 0.6) is 11.5 Å². The van der Waals surface area contributed by atoms with Crippen molar-refractivity contribution in [2.75, 3.05) is 0 Å². The number of nitriles is 1. The molecule has 0 aliphatic heterocycles. The number of hydrogen-bond acceptors (Lipinski definition) is 2. The van der Waals surface area contributed by atoms with E-state index >= 15 is 0 Å². The third-order valence-electron chi connectivity index (χ3n) is 2.88. The highest BCUT2D eigenvalue weighted by molar-refractivity contribution is 9.10. The number of hydrogen-bond donors (Lipinski definition) is 0. The SMILES string of the molecule is CC(C)c1cc(Br)ccc1Oc1ccc(F)cc1C#N. The van der Waals surface area contributed by atoms with Crippen molar-refractivity contribution in [1.29, 1.82) is 5.26 Å². The molecule has 0 amide bonds. The first-order chi connectivity index (χ1) is 9.51. The molecule has 0 saturated heterocycles. The van der Waals surface area contributed by atoms with Gasteiger partial charge in [-0.2, -0.15) is 5.26 Å². The summed E-state index contributed by atoms with van der Waals surface area (Å²) in [5.74, 6) is 0.853. The highest BCUT2D eigenvalue weighted by atomic mass is 79.9. The Balaban J connectivity index is 2.43. The highest BCUT2D eigenvalue weighted by Gasteiger charge is 2.12. The van der Waals surface area contributed by atoms with Crippen LogP contribution in [0, 0.1) is 17.1 Å². The van der Waals surface area contributed by atoms with E-state index in [0.29, 0.717) is 11.5 Å². The summed E-state index contributed by atoms with van der Waals surface area (Å²) in [5, 5.41) is 9.04. The Labute approximate surface area is 125 Å². The fourth-order valence-corrected chi connectivity index (χ4v) is 2.24. The van der Waals surface area contributed by atoms with Crippen molar-refractivity contribution in [3.8, 4) is 17.6 Å². The van der Waals surface area contributed by atoms with Gasteiger partial charge >= 0.3 is 0 Å². The van der Waals surface area contributed by atoms with Gasteiger partial charge in [-0.3, -0.25) is 0 Å². The minimum atomic E-state index is -0.450. The van der Waals surface area contributed by atoms with Crippen LogP contribution >= 0.6 is 15.9 Å². The Bertz CT molecular complexity index is 677. The summed E-state index contributed by atoms with van der Waals surface area (Å²) < 4.78 is 19.9. The van der Waals surface area contributed by atoms with E-state index in [0.717, 1.165) is 10.0 Å². The average Bonchev–Trinajstić information content (AvgIpc) is 2.42. The number of nitrogens with zero attached hydrogens (tertiary/aromatic N) is 1. The molecule has 0 N–H and O–H groups in total. The van der Waals surface area contributed by atoms with E-state index < -0.39 is 5.82 Å². The number of halogens is 2. The van der Waals surface area contributed by atoms with E-state index in [9.17, 15) is 4.39 Å². The molecular formula is C16H13BrFNO. The summed E-state index contributed by atoms with van der Waals surface area (Å²) in [5.41, 5.74) is 1.20. The van der Waals surface area contributed by atoms with E-state index in [1.807, 2.05) is 24.3 Å². The van der Waals surface area contributed by atoms with E-state index in [2.05, 4.69) is 29.8 Å². The number of benzene rings is 2. The normalized spacial score (nSPS) is 10.4. The van der Waals surface area contributed by atoms with Crippen LogP contribution in [0.15, 0.2) is 40.9 Å². The molecule has 0 aliphatic carbocycles. The molecule has 0 spiro atoms. The lowest BCUT2D eigenvalue weighted by molar-refractivity contribution is 0.469. The summed E-state index contributed by atoms with van der Waals surface area (Å²) in [6, 6.07) is 11.6. The van der Waals surface area contributed by atoms with Gasteiger partial charge in [0.2, 0.25) is 0 Å². The first-order valence-corrected chi connectivity index (χ1v) is 6.97. The van der Waals surface area contributed by atoms with Crippen molar-refractivity contribution in [1.82, 2.24) is 0 Å². The van der Waals surface area contributed by atoms with Crippen molar-refractivity contribution in [3.05, 3.63) is 57.8 Å². The molecule has 4 heteroatoms. The van der Waals surface area contributed by atoms with Crippen LogP contribution in [0.2, 0.25) is 0 Å². The third-order valence-corrected chi connectivity index (χ3v) is 3.37. The maximum Gasteiger partial charge on any atom is 0.145 e. The molecule has 2 aromatic rings. The van der Waals surface area contributed by atoms with Gasteiger partial charge in [0.1, 0.15) is 23.4 Å². The summed E-state index contributed by atoms with van der Waals surface area (Å²) >= 11 is 3.43. The van der Waals surface area contributed by atoms with Crippen molar-refractivity contribution < 1.29 is 9.13 Å². The van der Waals surface area contributed by atoms with Crippen LogP contribution < -0.4 is 4.74 Å². The van der Waals surface area contributed by atoms with Crippen LogP contribution in [0.25, 0.3) is 0 Å². The molecule has 0 radical (unpaired) electrons. The highest BCUT2D eigenvalue weighted by Crippen LogP contribution is 2.34. The van der Waals surface area contributed by atoms with Crippen molar-refractivity contribution in [2.24, 2.45) is 0 Å². The molecule has 0 aliphatic rings. The second kappa shape index (κ2) is 6.06. The van der Waals surface area contributed by atoms with Crippen LogP contribution in [-0.4, -0.2) is 0 Å². The van der Waals surface area contributed by atoms with Gasteiger partial charge in [-0.1, -0.05) is 29.8 Å². The minimum Gasteiger partial charge on any atom is -0.456 e. The molecule has 2 rings (SSSR count). The van der Waals surface area contributed by atoms with Crippen LogP contribution in [0.1, 0.15) is 30.9 Å². The maximum absolute atomic E-state index is 13.1. The Hall–Kier alpha value is -1.86. The fraction of sp³-hybridized carbons (Fsp3) is 0.188. The van der Waals surface area contributed by atoms with Crippen molar-refractivity contribution in [3.63, 3.8) is 0 Å². The first kappa shape index (κ1) is 14.5. The second-order valence-corrected chi connectivity index (χ2v) is 5.61. The first-order valence-electron chi connectivity index (χ1n) is 6.18. The topological polar surface area (TPSA) is 33.0 Å². The van der Waals surface area contributed by atoms with Crippen LogP contribution in [0.3, 0.4) is 0 Å². The molecule has 20 heavy (non-hydrogen) atoms. The lowest BCUT2D eigenvalue weighted by Gasteiger charge is -2.15. The second-order valence-electron chi connectivity index (χ2n) is 4.69. The van der Waals surface area contributed by atoms with Gasteiger partial charge in [-0.15, -0.1) is 0 Å². The van der Waals surface area contributed by atoms with Gasteiger partial charge in [0.15, 0.2) is 0 Å². The summed E-state index contributed by atoms with van der Waals surface area (Å²) in [7, 11) is 0. The molecule has 0 aromatic heterocycles. The smallest absolute Gasteiger partial charge is 0.145 e.